The molecule has 8 heteroatoms. The number of alkyl halides is 3. The maximum absolute atomic E-state index is 12.5. The molecule has 1 atom stereocenters. The van der Waals surface area contributed by atoms with Gasteiger partial charge in [0.05, 0.1) is 12.1 Å². The highest BCUT2D eigenvalue weighted by Crippen LogP contribution is 2.36. The molecule has 2 aromatic rings. The molecule has 0 radical (unpaired) electrons. The highest BCUT2D eigenvalue weighted by molar-refractivity contribution is 7.98. The Kier molecular flexibility index (Phi) is 4.75. The van der Waals surface area contributed by atoms with Crippen LogP contribution in [0.3, 0.4) is 0 Å². The summed E-state index contributed by atoms with van der Waals surface area (Å²) in [6, 6.07) is 9.28. The maximum Gasteiger partial charge on any atom is 0.433 e. The Hall–Kier alpha value is -2.06. The third-order valence-electron chi connectivity index (χ3n) is 3.97. The normalized spacial score (nSPS) is 20.0. The van der Waals surface area contributed by atoms with Crippen LogP contribution < -0.4 is 5.32 Å². The van der Waals surface area contributed by atoms with Crippen LogP contribution in [0, 0.1) is 0 Å². The van der Waals surface area contributed by atoms with E-state index in [4.69, 9.17) is 0 Å². The number of fused-ring (bicyclic) bond motifs is 1. The molecule has 0 bridgehead atoms. The van der Waals surface area contributed by atoms with Crippen molar-refractivity contribution < 1.29 is 23.1 Å². The van der Waals surface area contributed by atoms with Crippen LogP contribution in [0.1, 0.15) is 27.2 Å². The third kappa shape index (κ3) is 3.80. The van der Waals surface area contributed by atoms with E-state index in [9.17, 15) is 23.1 Å². The molecule has 3 rings (SSSR count). The van der Waals surface area contributed by atoms with Gasteiger partial charge < -0.3 is 10.4 Å². The predicted molar refractivity (Wildman–Crippen MR) is 88.1 cm³/mol. The molecule has 4 nitrogen and oxygen atoms in total. The summed E-state index contributed by atoms with van der Waals surface area (Å²) < 4.78 is 37.5. The summed E-state index contributed by atoms with van der Waals surface area (Å²) in [6.07, 6.45) is -3.67. The number of amides is 1. The fraction of sp³-hybridized carbons (Fsp3) is 0.294. The number of hydrogen-bond acceptors (Lipinski definition) is 4. The molecule has 1 aromatic heterocycles. The summed E-state index contributed by atoms with van der Waals surface area (Å²) in [5.41, 5.74) is -0.492. The number of aliphatic hydroxyl groups is 1. The molecule has 25 heavy (non-hydrogen) atoms. The van der Waals surface area contributed by atoms with Crippen molar-refractivity contribution in [3.63, 3.8) is 0 Å². The first-order valence-electron chi connectivity index (χ1n) is 7.49. The highest BCUT2D eigenvalue weighted by Gasteiger charge is 2.35. The van der Waals surface area contributed by atoms with Crippen molar-refractivity contribution in [2.24, 2.45) is 0 Å². The Morgan fingerprint density at radius 2 is 2.04 bits per heavy atom. The van der Waals surface area contributed by atoms with E-state index < -0.39 is 23.4 Å². The van der Waals surface area contributed by atoms with Crippen LogP contribution in [0.2, 0.25) is 0 Å². The first kappa shape index (κ1) is 17.8. The van der Waals surface area contributed by atoms with Gasteiger partial charge in [-0.15, -0.1) is 0 Å². The maximum atomic E-state index is 12.5. The van der Waals surface area contributed by atoms with Gasteiger partial charge in [-0.05, 0) is 23.3 Å². The molecule has 0 saturated heterocycles. The van der Waals surface area contributed by atoms with Gasteiger partial charge in [-0.1, -0.05) is 24.3 Å². The number of benzene rings is 1. The van der Waals surface area contributed by atoms with Crippen LogP contribution in [0.4, 0.5) is 13.2 Å². The fourth-order valence-electron chi connectivity index (χ4n) is 2.68. The number of hydrogen-bond donors (Lipinski definition) is 2. The van der Waals surface area contributed by atoms with E-state index in [1.54, 1.807) is 11.8 Å². The summed E-state index contributed by atoms with van der Waals surface area (Å²) >= 11 is 1.56. The van der Waals surface area contributed by atoms with Gasteiger partial charge in [0, 0.05) is 17.7 Å². The lowest BCUT2D eigenvalue weighted by molar-refractivity contribution is -0.141. The lowest BCUT2D eigenvalue weighted by Gasteiger charge is -2.34. The number of nitrogens with zero attached hydrogens (tertiary/aromatic N) is 1. The van der Waals surface area contributed by atoms with Crippen molar-refractivity contribution in [2.45, 2.75) is 17.5 Å². The van der Waals surface area contributed by atoms with E-state index in [1.807, 2.05) is 24.3 Å². The topological polar surface area (TPSA) is 62.2 Å². The highest BCUT2D eigenvalue weighted by atomic mass is 32.2. The second kappa shape index (κ2) is 6.68. The molecule has 1 unspecified atom stereocenters. The smallest absolute Gasteiger partial charge is 0.382 e. The van der Waals surface area contributed by atoms with Gasteiger partial charge in [0.25, 0.3) is 5.91 Å². The number of rotatable bonds is 3. The summed E-state index contributed by atoms with van der Waals surface area (Å²) in [7, 11) is 0. The average molecular weight is 368 g/mol. The second-order valence-corrected chi connectivity index (χ2v) is 6.78. The number of thioether (sulfide) groups is 1. The minimum absolute atomic E-state index is 0.00773. The quantitative estimate of drug-likeness (QED) is 0.875. The minimum atomic E-state index is -4.55. The van der Waals surface area contributed by atoms with Crippen molar-refractivity contribution in [3.8, 4) is 0 Å². The number of carbonyl (C=O) groups is 1. The number of carbonyl (C=O) groups excluding carboxylic acids is 1. The zero-order valence-corrected chi connectivity index (χ0v) is 13.8. The molecular weight excluding hydrogens is 353 g/mol. The Balaban J connectivity index is 1.71. The molecule has 1 aromatic carbocycles. The molecule has 0 spiro atoms. The van der Waals surface area contributed by atoms with E-state index in [-0.39, 0.29) is 12.1 Å². The standard InChI is InChI=1S/C17H15F3N2O2S/c18-17(19,20)14-6-5-11(7-21-14)15(23)22-9-16(24)10-25-8-12-3-1-2-4-13(12)16/h1-7,24H,8-10H2,(H,22,23). The average Bonchev–Trinajstić information content (AvgIpc) is 2.60. The Labute approximate surface area is 146 Å². The van der Waals surface area contributed by atoms with Crippen molar-refractivity contribution in [1.29, 1.82) is 0 Å². The van der Waals surface area contributed by atoms with Crippen LogP contribution in [0.25, 0.3) is 0 Å². The van der Waals surface area contributed by atoms with E-state index in [2.05, 4.69) is 10.3 Å². The molecule has 1 amide bonds. The second-order valence-electron chi connectivity index (χ2n) is 5.79. The van der Waals surface area contributed by atoms with Gasteiger partial charge in [-0.2, -0.15) is 24.9 Å². The van der Waals surface area contributed by atoms with Gasteiger partial charge in [0.15, 0.2) is 0 Å². The van der Waals surface area contributed by atoms with Crippen molar-refractivity contribution >= 4 is 17.7 Å². The van der Waals surface area contributed by atoms with Gasteiger partial charge >= 0.3 is 6.18 Å². The van der Waals surface area contributed by atoms with Crippen LogP contribution in [0.5, 0.6) is 0 Å². The summed E-state index contributed by atoms with van der Waals surface area (Å²) in [5, 5.41) is 13.5. The molecule has 132 valence electrons. The van der Waals surface area contributed by atoms with E-state index in [0.717, 1.165) is 35.2 Å². The lowest BCUT2D eigenvalue weighted by Crippen LogP contribution is -2.44. The Morgan fingerprint density at radius 3 is 2.72 bits per heavy atom. The van der Waals surface area contributed by atoms with Gasteiger partial charge in [-0.25, -0.2) is 0 Å². The number of aromatic nitrogens is 1. The van der Waals surface area contributed by atoms with E-state index in [0.29, 0.717) is 5.75 Å². The Morgan fingerprint density at radius 1 is 1.28 bits per heavy atom. The zero-order valence-electron chi connectivity index (χ0n) is 13.0. The molecular formula is C17H15F3N2O2S. The van der Waals surface area contributed by atoms with Crippen LogP contribution in [0.15, 0.2) is 42.6 Å². The monoisotopic (exact) mass is 368 g/mol. The molecule has 0 aliphatic carbocycles. The molecule has 2 heterocycles. The number of halogens is 3. The molecule has 1 aliphatic rings. The van der Waals surface area contributed by atoms with Crippen LogP contribution in [-0.2, 0) is 17.5 Å². The fourth-order valence-corrected chi connectivity index (χ4v) is 3.85. The van der Waals surface area contributed by atoms with Gasteiger partial charge in [-0.3, -0.25) is 9.78 Å². The molecule has 0 fully saturated rings. The first-order valence-corrected chi connectivity index (χ1v) is 8.65. The molecule has 2 N–H and O–H groups in total. The number of nitrogens with one attached hydrogen (secondary N) is 1. The zero-order chi connectivity index (χ0) is 18.1. The van der Waals surface area contributed by atoms with Gasteiger partial charge in [0.1, 0.15) is 11.3 Å². The van der Waals surface area contributed by atoms with Crippen LogP contribution in [-0.4, -0.2) is 28.3 Å². The van der Waals surface area contributed by atoms with Gasteiger partial charge in [0.2, 0.25) is 0 Å². The lowest BCUT2D eigenvalue weighted by atomic mass is 9.91. The van der Waals surface area contributed by atoms with Crippen molar-refractivity contribution in [3.05, 3.63) is 65.0 Å². The van der Waals surface area contributed by atoms with Crippen molar-refractivity contribution in [2.75, 3.05) is 12.3 Å². The van der Waals surface area contributed by atoms with Crippen LogP contribution >= 0.6 is 11.8 Å². The first-order chi connectivity index (χ1) is 11.8. The van der Waals surface area contributed by atoms with E-state index >= 15 is 0 Å². The molecule has 1 aliphatic heterocycles. The largest absolute Gasteiger partial charge is 0.433 e. The SMILES string of the molecule is O=C(NCC1(O)CSCc2ccccc21)c1ccc(C(F)(F)F)nc1. The van der Waals surface area contributed by atoms with Crippen molar-refractivity contribution in [1.82, 2.24) is 10.3 Å². The molecule has 0 saturated carbocycles. The summed E-state index contributed by atoms with van der Waals surface area (Å²) in [6.45, 7) is -0.0309. The minimum Gasteiger partial charge on any atom is -0.382 e. The summed E-state index contributed by atoms with van der Waals surface area (Å²) in [4.78, 5) is 15.4. The predicted octanol–water partition coefficient (Wildman–Crippen LogP) is 2.96. The third-order valence-corrected chi connectivity index (χ3v) is 5.17. The van der Waals surface area contributed by atoms with E-state index in [1.165, 1.54) is 0 Å². The Bertz CT molecular complexity index is 780. The summed E-state index contributed by atoms with van der Waals surface area (Å²) in [5.74, 6) is 0.632. The number of pyridine rings is 1.